The van der Waals surface area contributed by atoms with Gasteiger partial charge in [-0.1, -0.05) is 0 Å². The van der Waals surface area contributed by atoms with Crippen LogP contribution in [0.5, 0.6) is 5.75 Å². The van der Waals surface area contributed by atoms with E-state index in [-0.39, 0.29) is 5.91 Å². The molecule has 132 valence electrons. The van der Waals surface area contributed by atoms with E-state index in [1.165, 1.54) is 11.3 Å². The second-order valence-corrected chi connectivity index (χ2v) is 6.96. The Hall–Kier alpha value is -3.20. The fraction of sp³-hybridized carbons (Fsp3) is 0.176. The highest BCUT2D eigenvalue weighted by Crippen LogP contribution is 2.33. The van der Waals surface area contributed by atoms with Crippen LogP contribution >= 0.6 is 11.3 Å². The van der Waals surface area contributed by atoms with Gasteiger partial charge >= 0.3 is 0 Å². The summed E-state index contributed by atoms with van der Waals surface area (Å²) in [6.07, 6.45) is 5.24. The second-order valence-electron chi connectivity index (χ2n) is 5.72. The average Bonchev–Trinajstić information content (AvgIpc) is 3.33. The van der Waals surface area contributed by atoms with Crippen molar-refractivity contribution in [2.45, 2.75) is 6.92 Å². The first-order chi connectivity index (χ1) is 12.5. The largest absolute Gasteiger partial charge is 0.494 e. The van der Waals surface area contributed by atoms with Crippen molar-refractivity contribution in [3.63, 3.8) is 0 Å². The third-order valence-corrected chi connectivity index (χ3v) is 4.83. The van der Waals surface area contributed by atoms with Gasteiger partial charge in [-0.3, -0.25) is 14.8 Å². The summed E-state index contributed by atoms with van der Waals surface area (Å²) in [7, 11) is 3.45. The minimum Gasteiger partial charge on any atom is -0.494 e. The van der Waals surface area contributed by atoms with E-state index in [4.69, 9.17) is 4.74 Å². The Morgan fingerprint density at radius 2 is 2.19 bits per heavy atom. The molecule has 9 heteroatoms. The van der Waals surface area contributed by atoms with E-state index < -0.39 is 0 Å². The summed E-state index contributed by atoms with van der Waals surface area (Å²) in [5.41, 5.74) is 3.25. The van der Waals surface area contributed by atoms with Gasteiger partial charge in [0.25, 0.3) is 5.91 Å². The molecule has 0 spiro atoms. The molecule has 0 unspecified atom stereocenters. The number of carbonyl (C=O) groups excluding carboxylic acids is 1. The number of fused-ring (bicyclic) bond motifs is 1. The molecule has 4 aromatic rings. The zero-order chi connectivity index (χ0) is 18.3. The Bertz CT molecular complexity index is 1110. The van der Waals surface area contributed by atoms with Crippen molar-refractivity contribution in [3.05, 3.63) is 40.6 Å². The molecule has 0 saturated heterocycles. The van der Waals surface area contributed by atoms with E-state index in [1.807, 2.05) is 32.3 Å². The third-order valence-electron chi connectivity index (χ3n) is 3.92. The Kier molecular flexibility index (Phi) is 3.92. The Balaban J connectivity index is 1.76. The average molecular weight is 368 g/mol. The number of methoxy groups -OCH3 is 1. The number of amides is 1. The van der Waals surface area contributed by atoms with Crippen LogP contribution in [0.4, 0.5) is 5.95 Å². The lowest BCUT2D eigenvalue weighted by Gasteiger charge is -2.04. The third kappa shape index (κ3) is 2.82. The van der Waals surface area contributed by atoms with Crippen molar-refractivity contribution in [2.24, 2.45) is 7.05 Å². The van der Waals surface area contributed by atoms with E-state index in [1.54, 1.807) is 24.2 Å². The van der Waals surface area contributed by atoms with Gasteiger partial charge in [-0.05, 0) is 19.1 Å². The van der Waals surface area contributed by atoms with Crippen molar-refractivity contribution < 1.29 is 9.53 Å². The first kappa shape index (κ1) is 16.3. The molecule has 0 saturated carbocycles. The number of carbonyl (C=O) groups is 1. The molecular formula is C17H16N6O2S. The van der Waals surface area contributed by atoms with E-state index in [2.05, 4.69) is 25.4 Å². The maximum absolute atomic E-state index is 12.4. The molecule has 0 aliphatic carbocycles. The number of nitrogens with one attached hydrogen (secondary N) is 2. The van der Waals surface area contributed by atoms with Crippen LogP contribution in [-0.4, -0.2) is 37.7 Å². The van der Waals surface area contributed by atoms with Crippen molar-refractivity contribution >= 4 is 34.2 Å². The van der Waals surface area contributed by atoms with Gasteiger partial charge in [-0.2, -0.15) is 5.10 Å². The molecule has 2 N–H and O–H groups in total. The van der Waals surface area contributed by atoms with E-state index in [0.717, 1.165) is 16.1 Å². The summed E-state index contributed by atoms with van der Waals surface area (Å²) in [5.74, 6) is 0.747. The number of hydrogen-bond donors (Lipinski definition) is 2. The molecule has 0 fully saturated rings. The highest BCUT2D eigenvalue weighted by atomic mass is 32.1. The number of benzene rings is 1. The number of aromatic nitrogens is 5. The molecule has 0 radical (unpaired) electrons. The molecule has 1 amide bonds. The monoisotopic (exact) mass is 368 g/mol. The van der Waals surface area contributed by atoms with Crippen LogP contribution < -0.4 is 10.1 Å². The van der Waals surface area contributed by atoms with Crippen molar-refractivity contribution in [1.29, 1.82) is 0 Å². The van der Waals surface area contributed by atoms with E-state index in [9.17, 15) is 4.79 Å². The van der Waals surface area contributed by atoms with Gasteiger partial charge in [-0.15, -0.1) is 11.3 Å². The molecule has 1 aromatic carbocycles. The predicted octanol–water partition coefficient (Wildman–Crippen LogP) is 2.99. The molecule has 26 heavy (non-hydrogen) atoms. The summed E-state index contributed by atoms with van der Waals surface area (Å²) >= 11 is 1.33. The van der Waals surface area contributed by atoms with Gasteiger partial charge in [0.15, 0.2) is 0 Å². The normalized spacial score (nSPS) is 11.0. The molecule has 4 rings (SSSR count). The van der Waals surface area contributed by atoms with Crippen LogP contribution in [0.2, 0.25) is 0 Å². The minimum absolute atomic E-state index is 0.253. The summed E-state index contributed by atoms with van der Waals surface area (Å²) in [6, 6.07) is 3.79. The number of H-pyrrole nitrogens is 1. The van der Waals surface area contributed by atoms with Gasteiger partial charge in [0, 0.05) is 24.4 Å². The molecule has 8 nitrogen and oxygen atoms in total. The Labute approximate surface area is 152 Å². The smallest absolute Gasteiger partial charge is 0.269 e. The van der Waals surface area contributed by atoms with Crippen LogP contribution in [0, 0.1) is 6.92 Å². The molecule has 3 aromatic heterocycles. The molecule has 0 atom stereocenters. The van der Waals surface area contributed by atoms with Crippen LogP contribution in [0.3, 0.4) is 0 Å². The minimum atomic E-state index is -0.253. The van der Waals surface area contributed by atoms with E-state index >= 15 is 0 Å². The van der Waals surface area contributed by atoms with Gasteiger partial charge in [-0.25, -0.2) is 9.97 Å². The van der Waals surface area contributed by atoms with Gasteiger partial charge in [0.2, 0.25) is 5.95 Å². The topological polar surface area (TPSA) is 97.7 Å². The first-order valence-electron chi connectivity index (χ1n) is 7.84. The fourth-order valence-electron chi connectivity index (χ4n) is 2.73. The van der Waals surface area contributed by atoms with Crippen LogP contribution in [-0.2, 0) is 7.05 Å². The molecule has 0 aliphatic heterocycles. The number of nitrogens with zero attached hydrogens (tertiary/aromatic N) is 4. The number of ether oxygens (including phenoxy) is 1. The highest BCUT2D eigenvalue weighted by Gasteiger charge is 2.17. The maximum Gasteiger partial charge on any atom is 0.269 e. The van der Waals surface area contributed by atoms with Crippen LogP contribution in [0.15, 0.2) is 30.7 Å². The number of thiazole rings is 1. The molecule has 3 heterocycles. The maximum atomic E-state index is 12.4. The molecule has 0 aliphatic rings. The van der Waals surface area contributed by atoms with Crippen molar-refractivity contribution in [1.82, 2.24) is 24.7 Å². The van der Waals surface area contributed by atoms with Crippen LogP contribution in [0.25, 0.3) is 22.2 Å². The number of aryl methyl sites for hydroxylation is 2. The van der Waals surface area contributed by atoms with Gasteiger partial charge in [0.1, 0.15) is 21.7 Å². The zero-order valence-corrected chi connectivity index (χ0v) is 15.2. The zero-order valence-electron chi connectivity index (χ0n) is 14.4. The summed E-state index contributed by atoms with van der Waals surface area (Å²) in [4.78, 5) is 24.7. The first-order valence-corrected chi connectivity index (χ1v) is 8.66. The number of aromatic amines is 1. The molecule has 0 bridgehead atoms. The summed E-state index contributed by atoms with van der Waals surface area (Å²) in [5, 5.41) is 7.83. The summed E-state index contributed by atoms with van der Waals surface area (Å²) in [6.45, 7) is 1.85. The summed E-state index contributed by atoms with van der Waals surface area (Å²) < 4.78 is 7.15. The Morgan fingerprint density at radius 3 is 2.85 bits per heavy atom. The fourth-order valence-corrected chi connectivity index (χ4v) is 3.40. The highest BCUT2D eigenvalue weighted by molar-refractivity contribution is 7.13. The number of imidazole rings is 1. The molecular weight excluding hydrogens is 352 g/mol. The predicted molar refractivity (Wildman–Crippen MR) is 99.7 cm³/mol. The van der Waals surface area contributed by atoms with E-state index in [0.29, 0.717) is 27.6 Å². The lowest BCUT2D eigenvalue weighted by molar-refractivity contribution is 0.102. The Morgan fingerprint density at radius 1 is 1.35 bits per heavy atom. The standard InChI is InChI=1S/C17H16N6O2S/c1-9-18-7-13(26-9)16(24)22-17-20-14-11(10-6-19-23(2)8-10)4-5-12(25-3)15(14)21-17/h4-8H,1-3H3,(H2,20,21,22,24). The number of rotatable bonds is 4. The SMILES string of the molecule is COc1ccc(-c2cnn(C)c2)c2nc(NC(=O)c3cnc(C)s3)[nH]c12. The van der Waals surface area contributed by atoms with Crippen molar-refractivity contribution in [3.8, 4) is 16.9 Å². The van der Waals surface area contributed by atoms with Crippen molar-refractivity contribution in [2.75, 3.05) is 12.4 Å². The lowest BCUT2D eigenvalue weighted by atomic mass is 10.1. The van der Waals surface area contributed by atoms with Gasteiger partial charge in [0.05, 0.1) is 24.5 Å². The second kappa shape index (κ2) is 6.26. The van der Waals surface area contributed by atoms with Crippen LogP contribution in [0.1, 0.15) is 14.7 Å². The van der Waals surface area contributed by atoms with Gasteiger partial charge < -0.3 is 9.72 Å². The quantitative estimate of drug-likeness (QED) is 0.577. The number of hydrogen-bond acceptors (Lipinski definition) is 6. The number of anilines is 1. The lowest BCUT2D eigenvalue weighted by Crippen LogP contribution is -2.11.